The zero-order chi connectivity index (χ0) is 15.6. The lowest BCUT2D eigenvalue weighted by molar-refractivity contribution is 0.405. The van der Waals surface area contributed by atoms with Crippen molar-refractivity contribution in [3.8, 4) is 0 Å². The van der Waals surface area contributed by atoms with Gasteiger partial charge in [0, 0.05) is 28.8 Å². The summed E-state index contributed by atoms with van der Waals surface area (Å²) < 4.78 is 29.9. The van der Waals surface area contributed by atoms with E-state index in [0.29, 0.717) is 11.6 Å². The minimum absolute atomic E-state index is 0.0573. The van der Waals surface area contributed by atoms with Crippen molar-refractivity contribution in [2.24, 2.45) is 0 Å². The molecule has 1 fully saturated rings. The molecule has 1 heterocycles. The van der Waals surface area contributed by atoms with Gasteiger partial charge in [0.1, 0.15) is 5.82 Å². The molecule has 1 aromatic heterocycles. The molecule has 0 aliphatic heterocycles. The molecule has 0 spiro atoms. The number of nitrogens with zero attached hydrogens (tertiary/aromatic N) is 2. The van der Waals surface area contributed by atoms with E-state index in [2.05, 4.69) is 19.4 Å². The average molecular weight is 338 g/mol. The van der Waals surface area contributed by atoms with Gasteiger partial charge in [0.05, 0.1) is 5.75 Å². The molecule has 8 heteroatoms. The molecule has 0 atom stereocenters. The summed E-state index contributed by atoms with van der Waals surface area (Å²) in [5.41, 5.74) is 1.41. The molecule has 1 aliphatic rings. The van der Waals surface area contributed by atoms with Gasteiger partial charge in [0.2, 0.25) is 15.2 Å². The first-order valence-electron chi connectivity index (χ1n) is 7.27. The highest BCUT2D eigenvalue weighted by atomic mass is 32.2. The van der Waals surface area contributed by atoms with Gasteiger partial charge in [0.25, 0.3) is 0 Å². The highest BCUT2D eigenvalue weighted by Crippen LogP contribution is 2.36. The second-order valence-electron chi connectivity index (χ2n) is 5.29. The van der Waals surface area contributed by atoms with Gasteiger partial charge in [-0.15, -0.1) is 0 Å². The van der Waals surface area contributed by atoms with Crippen LogP contribution in [0.2, 0.25) is 0 Å². The third-order valence-corrected chi connectivity index (χ3v) is 5.65. The van der Waals surface area contributed by atoms with Crippen LogP contribution in [0.1, 0.15) is 37.9 Å². The minimum Gasteiger partial charge on any atom is -0.330 e. The Hall–Kier alpha value is -1.67. The van der Waals surface area contributed by atoms with Crippen molar-refractivity contribution >= 4 is 38.1 Å². The van der Waals surface area contributed by atoms with Gasteiger partial charge in [0.15, 0.2) is 0 Å². The summed E-state index contributed by atoms with van der Waals surface area (Å²) in [7, 11) is -3.24. The number of benzene rings is 1. The number of rotatable bonds is 6. The second kappa shape index (κ2) is 6.21. The number of hydrogen-bond acceptors (Lipinski definition) is 6. The fourth-order valence-corrected chi connectivity index (χ4v) is 3.42. The quantitative estimate of drug-likeness (QED) is 0.844. The van der Waals surface area contributed by atoms with E-state index >= 15 is 0 Å². The van der Waals surface area contributed by atoms with Crippen LogP contribution in [-0.4, -0.2) is 23.5 Å². The van der Waals surface area contributed by atoms with Crippen molar-refractivity contribution in [1.82, 2.24) is 9.36 Å². The molecule has 3 rings (SSSR count). The van der Waals surface area contributed by atoms with Crippen molar-refractivity contribution in [2.75, 3.05) is 15.8 Å². The molecule has 0 amide bonds. The monoisotopic (exact) mass is 338 g/mol. The maximum Gasteiger partial charge on any atom is 0.232 e. The van der Waals surface area contributed by atoms with Gasteiger partial charge in [-0.2, -0.15) is 4.37 Å². The van der Waals surface area contributed by atoms with E-state index in [0.717, 1.165) is 16.6 Å². The SMILES string of the molecule is CCS(=O)(=O)Nc1ccc(Nc2nc(C3CCC3)ns2)cc1. The van der Waals surface area contributed by atoms with Crippen LogP contribution < -0.4 is 10.0 Å². The number of sulfonamides is 1. The van der Waals surface area contributed by atoms with E-state index in [4.69, 9.17) is 0 Å². The number of hydrogen-bond donors (Lipinski definition) is 2. The summed E-state index contributed by atoms with van der Waals surface area (Å²) in [6.07, 6.45) is 3.63. The van der Waals surface area contributed by atoms with E-state index in [1.807, 2.05) is 12.1 Å². The molecule has 1 aliphatic carbocycles. The Bertz CT molecular complexity index is 736. The third-order valence-electron chi connectivity index (χ3n) is 3.70. The van der Waals surface area contributed by atoms with Crippen LogP contribution in [0.3, 0.4) is 0 Å². The standard InChI is InChI=1S/C14H18N4O2S2/c1-2-22(19,20)18-12-8-6-11(7-9-12)15-14-16-13(17-21-14)10-4-3-5-10/h6-10,18H,2-5H2,1H3,(H,15,16,17). The Morgan fingerprint density at radius 3 is 2.50 bits per heavy atom. The maximum atomic E-state index is 11.5. The molecule has 0 bridgehead atoms. The highest BCUT2D eigenvalue weighted by molar-refractivity contribution is 7.92. The molecule has 6 nitrogen and oxygen atoms in total. The van der Waals surface area contributed by atoms with E-state index in [1.165, 1.54) is 30.8 Å². The fraction of sp³-hybridized carbons (Fsp3) is 0.429. The van der Waals surface area contributed by atoms with Crippen molar-refractivity contribution in [3.05, 3.63) is 30.1 Å². The summed E-state index contributed by atoms with van der Waals surface area (Å²) >= 11 is 1.36. The lowest BCUT2D eigenvalue weighted by Gasteiger charge is -2.21. The van der Waals surface area contributed by atoms with Gasteiger partial charge in [-0.25, -0.2) is 13.4 Å². The molecule has 118 valence electrons. The van der Waals surface area contributed by atoms with E-state index in [9.17, 15) is 8.42 Å². The lowest BCUT2D eigenvalue weighted by atomic mass is 9.85. The van der Waals surface area contributed by atoms with Crippen molar-refractivity contribution in [2.45, 2.75) is 32.1 Å². The van der Waals surface area contributed by atoms with Crippen LogP contribution in [-0.2, 0) is 10.0 Å². The fourth-order valence-electron chi connectivity index (χ4n) is 2.11. The molecular formula is C14H18N4O2S2. The Morgan fingerprint density at radius 1 is 1.23 bits per heavy atom. The summed E-state index contributed by atoms with van der Waals surface area (Å²) in [6, 6.07) is 7.09. The van der Waals surface area contributed by atoms with Gasteiger partial charge in [-0.3, -0.25) is 4.72 Å². The van der Waals surface area contributed by atoms with Crippen molar-refractivity contribution in [1.29, 1.82) is 0 Å². The molecule has 2 aromatic rings. The van der Waals surface area contributed by atoms with Crippen LogP contribution in [0.4, 0.5) is 16.5 Å². The first-order chi connectivity index (χ1) is 10.6. The third kappa shape index (κ3) is 3.56. The molecule has 1 saturated carbocycles. The number of aromatic nitrogens is 2. The largest absolute Gasteiger partial charge is 0.330 e. The summed E-state index contributed by atoms with van der Waals surface area (Å²) in [4.78, 5) is 4.51. The predicted octanol–water partition coefficient (Wildman–Crippen LogP) is 3.31. The minimum atomic E-state index is -3.24. The molecule has 0 saturated heterocycles. The first-order valence-corrected chi connectivity index (χ1v) is 9.69. The van der Waals surface area contributed by atoms with Crippen LogP contribution in [0.25, 0.3) is 0 Å². The average Bonchev–Trinajstić information content (AvgIpc) is 2.87. The first kappa shape index (κ1) is 15.2. The molecular weight excluding hydrogens is 320 g/mol. The topological polar surface area (TPSA) is 84.0 Å². The molecule has 0 radical (unpaired) electrons. The smallest absolute Gasteiger partial charge is 0.232 e. The van der Waals surface area contributed by atoms with Crippen LogP contribution in [0.5, 0.6) is 0 Å². The van der Waals surface area contributed by atoms with Crippen LogP contribution in [0.15, 0.2) is 24.3 Å². The van der Waals surface area contributed by atoms with Crippen LogP contribution >= 0.6 is 11.5 Å². The second-order valence-corrected chi connectivity index (χ2v) is 8.06. The summed E-state index contributed by atoms with van der Waals surface area (Å²) in [5.74, 6) is 1.52. The van der Waals surface area contributed by atoms with Crippen LogP contribution in [0, 0.1) is 0 Å². The van der Waals surface area contributed by atoms with Gasteiger partial charge < -0.3 is 5.32 Å². The van der Waals surface area contributed by atoms with Crippen molar-refractivity contribution < 1.29 is 8.42 Å². The summed E-state index contributed by atoms with van der Waals surface area (Å²) in [5, 5.41) is 3.97. The summed E-state index contributed by atoms with van der Waals surface area (Å²) in [6.45, 7) is 1.60. The van der Waals surface area contributed by atoms with Gasteiger partial charge >= 0.3 is 0 Å². The van der Waals surface area contributed by atoms with Crippen molar-refractivity contribution in [3.63, 3.8) is 0 Å². The zero-order valence-corrected chi connectivity index (χ0v) is 13.9. The molecule has 22 heavy (non-hydrogen) atoms. The number of anilines is 3. The maximum absolute atomic E-state index is 11.5. The molecule has 2 N–H and O–H groups in total. The highest BCUT2D eigenvalue weighted by Gasteiger charge is 2.23. The number of nitrogens with one attached hydrogen (secondary N) is 2. The Morgan fingerprint density at radius 2 is 1.91 bits per heavy atom. The Balaban J connectivity index is 1.64. The normalized spacial score (nSPS) is 15.3. The van der Waals surface area contributed by atoms with E-state index in [-0.39, 0.29) is 5.75 Å². The predicted molar refractivity (Wildman–Crippen MR) is 89.3 cm³/mol. The Kier molecular flexibility index (Phi) is 4.30. The van der Waals surface area contributed by atoms with E-state index < -0.39 is 10.0 Å². The van der Waals surface area contributed by atoms with Gasteiger partial charge in [-0.05, 0) is 44.0 Å². The zero-order valence-electron chi connectivity index (χ0n) is 12.2. The molecule has 1 aromatic carbocycles. The van der Waals surface area contributed by atoms with Gasteiger partial charge in [-0.1, -0.05) is 6.42 Å². The lowest BCUT2D eigenvalue weighted by Crippen LogP contribution is -2.14. The van der Waals surface area contributed by atoms with E-state index in [1.54, 1.807) is 19.1 Å². The molecule has 0 unspecified atom stereocenters. The Labute approximate surface area is 134 Å².